The van der Waals surface area contributed by atoms with Gasteiger partial charge in [0.15, 0.2) is 5.82 Å². The third kappa shape index (κ3) is 5.06. The first kappa shape index (κ1) is 20.7. The average molecular weight is 401 g/mol. The zero-order valence-corrected chi connectivity index (χ0v) is 16.1. The molecule has 6 nitrogen and oxygen atoms in total. The molecular weight excluding hydrogens is 375 g/mol. The minimum Gasteiger partial charge on any atom is -0.481 e. The first-order chi connectivity index (χ1) is 13.3. The number of nitrogens with zero attached hydrogens (tertiary/aromatic N) is 1. The monoisotopic (exact) mass is 401 g/mol. The number of alkyl halides is 2. The van der Waals surface area contributed by atoms with Crippen LogP contribution in [0.1, 0.15) is 44.6 Å². The number of halogens is 3. The molecule has 1 saturated carbocycles. The molecule has 1 aromatic heterocycles. The third-order valence-corrected chi connectivity index (χ3v) is 5.24. The highest BCUT2D eigenvalue weighted by molar-refractivity contribution is 5.82. The number of carbonyl (C=O) groups excluding carboxylic acids is 1. The average Bonchev–Trinajstić information content (AvgIpc) is 3.09. The van der Waals surface area contributed by atoms with Gasteiger partial charge in [-0.05, 0) is 37.8 Å². The topological polar surface area (TPSA) is 72.5 Å². The van der Waals surface area contributed by atoms with Gasteiger partial charge in [-0.25, -0.2) is 13.2 Å². The highest BCUT2D eigenvalue weighted by atomic mass is 19.3. The van der Waals surface area contributed by atoms with E-state index in [4.69, 9.17) is 9.47 Å². The Kier molecular flexibility index (Phi) is 6.32. The van der Waals surface area contributed by atoms with Gasteiger partial charge in [-0.3, -0.25) is 4.79 Å². The fraction of sp³-hybridized carbons (Fsp3) is 0.684. The van der Waals surface area contributed by atoms with Crippen molar-refractivity contribution in [2.75, 3.05) is 13.7 Å². The van der Waals surface area contributed by atoms with Crippen molar-refractivity contribution < 1.29 is 27.4 Å². The molecule has 1 amide bonds. The molecule has 0 unspecified atom stereocenters. The van der Waals surface area contributed by atoms with Gasteiger partial charge in [0, 0.05) is 24.9 Å². The van der Waals surface area contributed by atoms with Gasteiger partial charge < -0.3 is 20.1 Å². The van der Waals surface area contributed by atoms with E-state index in [9.17, 15) is 18.0 Å². The van der Waals surface area contributed by atoms with E-state index >= 15 is 0 Å². The van der Waals surface area contributed by atoms with E-state index < -0.39 is 17.8 Å². The predicted molar refractivity (Wildman–Crippen MR) is 96.0 cm³/mol. The van der Waals surface area contributed by atoms with Gasteiger partial charge in [-0.15, -0.1) is 0 Å². The largest absolute Gasteiger partial charge is 0.481 e. The molecule has 1 aliphatic heterocycles. The summed E-state index contributed by atoms with van der Waals surface area (Å²) in [6, 6.07) is 0.940. The van der Waals surface area contributed by atoms with E-state index in [1.54, 1.807) is 0 Å². The van der Waals surface area contributed by atoms with E-state index in [-0.39, 0.29) is 55.9 Å². The lowest BCUT2D eigenvalue weighted by atomic mass is 9.94. The summed E-state index contributed by atoms with van der Waals surface area (Å²) in [5.41, 5.74) is 0.377. The minimum absolute atomic E-state index is 0.0639. The van der Waals surface area contributed by atoms with Crippen molar-refractivity contribution in [3.63, 3.8) is 0 Å². The molecule has 3 rings (SSSR count). The summed E-state index contributed by atoms with van der Waals surface area (Å²) in [6.07, 6.45) is -0.0412. The number of hydrogen-bond acceptors (Lipinski definition) is 5. The van der Waals surface area contributed by atoms with Crippen LogP contribution in [0, 0.1) is 11.7 Å². The molecule has 2 N–H and O–H groups in total. The zero-order valence-electron chi connectivity index (χ0n) is 16.1. The quantitative estimate of drug-likeness (QED) is 0.767. The second kappa shape index (κ2) is 8.55. The molecule has 1 aromatic rings. The Labute approximate surface area is 162 Å². The van der Waals surface area contributed by atoms with Crippen molar-refractivity contribution in [2.45, 2.75) is 63.6 Å². The van der Waals surface area contributed by atoms with Crippen molar-refractivity contribution in [1.82, 2.24) is 15.6 Å². The molecule has 2 fully saturated rings. The number of nitrogens with one attached hydrogen (secondary N) is 2. The van der Waals surface area contributed by atoms with Gasteiger partial charge in [0.05, 0.1) is 13.2 Å². The van der Waals surface area contributed by atoms with Crippen LogP contribution in [-0.2, 0) is 11.3 Å². The molecular formula is C19H26F3N3O3. The number of aromatic nitrogens is 1. The Morgan fingerprint density at radius 3 is 2.68 bits per heavy atom. The molecule has 156 valence electrons. The molecule has 0 aromatic carbocycles. The van der Waals surface area contributed by atoms with Crippen molar-refractivity contribution in [3.05, 3.63) is 17.4 Å². The van der Waals surface area contributed by atoms with Crippen molar-refractivity contribution in [3.8, 4) is 11.8 Å². The van der Waals surface area contributed by atoms with Gasteiger partial charge >= 0.3 is 0 Å². The molecule has 9 heteroatoms. The lowest BCUT2D eigenvalue weighted by Gasteiger charge is -2.28. The zero-order chi connectivity index (χ0) is 20.3. The Bertz CT molecular complexity index is 707. The van der Waals surface area contributed by atoms with E-state index in [0.29, 0.717) is 11.5 Å². The van der Waals surface area contributed by atoms with Crippen molar-refractivity contribution >= 4 is 5.91 Å². The highest BCUT2D eigenvalue weighted by Crippen LogP contribution is 2.35. The van der Waals surface area contributed by atoms with E-state index in [0.717, 1.165) is 13.0 Å². The summed E-state index contributed by atoms with van der Waals surface area (Å²) in [5, 5.41) is 5.90. The van der Waals surface area contributed by atoms with Crippen molar-refractivity contribution in [2.24, 2.45) is 5.92 Å². The van der Waals surface area contributed by atoms with E-state index in [1.807, 2.05) is 0 Å². The highest BCUT2D eigenvalue weighted by Gasteiger charge is 2.36. The molecule has 2 aliphatic rings. The Morgan fingerprint density at radius 2 is 2.07 bits per heavy atom. The fourth-order valence-corrected chi connectivity index (χ4v) is 3.59. The predicted octanol–water partition coefficient (Wildman–Crippen LogP) is 2.80. The van der Waals surface area contributed by atoms with Gasteiger partial charge in [-0.2, -0.15) is 4.98 Å². The maximum atomic E-state index is 14.4. The number of ether oxygens (including phenoxy) is 2. The third-order valence-electron chi connectivity index (χ3n) is 5.24. The van der Waals surface area contributed by atoms with Crippen LogP contribution in [0.5, 0.6) is 11.8 Å². The van der Waals surface area contributed by atoms with Gasteiger partial charge in [0.25, 0.3) is 5.88 Å². The summed E-state index contributed by atoms with van der Waals surface area (Å²) in [5.74, 6) is -3.26. The standard InChI is InChI=1S/C19H26F3N3O3/c1-11-7-15(23-9-11)16(26)24-10-12-8-14(20)18(25-17(12)27-2)28-13-3-5-19(21,22)6-4-13/h8,11,13,15,23H,3-7,9-10H2,1-2H3,(H,24,26)/t11-,15+/m1/s1. The van der Waals surface area contributed by atoms with E-state index in [1.165, 1.54) is 13.2 Å². The maximum Gasteiger partial charge on any atom is 0.254 e. The molecule has 1 saturated heterocycles. The van der Waals surface area contributed by atoms with Gasteiger partial charge in [-0.1, -0.05) is 6.92 Å². The molecule has 1 aliphatic carbocycles. The smallest absolute Gasteiger partial charge is 0.254 e. The summed E-state index contributed by atoms with van der Waals surface area (Å²) >= 11 is 0. The summed E-state index contributed by atoms with van der Waals surface area (Å²) in [4.78, 5) is 16.3. The summed E-state index contributed by atoms with van der Waals surface area (Å²) in [6.45, 7) is 2.92. The van der Waals surface area contributed by atoms with Crippen LogP contribution in [0.2, 0.25) is 0 Å². The van der Waals surface area contributed by atoms with Crippen LogP contribution in [0.3, 0.4) is 0 Å². The Hall–Kier alpha value is -2.03. The number of methoxy groups -OCH3 is 1. The Balaban J connectivity index is 1.62. The second-order valence-electron chi connectivity index (χ2n) is 7.64. The Morgan fingerprint density at radius 1 is 1.36 bits per heavy atom. The van der Waals surface area contributed by atoms with Crippen LogP contribution >= 0.6 is 0 Å². The van der Waals surface area contributed by atoms with Crippen LogP contribution in [0.15, 0.2) is 6.07 Å². The molecule has 0 bridgehead atoms. The number of carbonyl (C=O) groups is 1. The number of hydrogen-bond donors (Lipinski definition) is 2. The molecule has 2 heterocycles. The second-order valence-corrected chi connectivity index (χ2v) is 7.64. The normalized spacial score (nSPS) is 24.8. The van der Waals surface area contributed by atoms with Gasteiger partial charge in [0.1, 0.15) is 6.10 Å². The molecule has 2 atom stereocenters. The fourth-order valence-electron chi connectivity index (χ4n) is 3.59. The summed E-state index contributed by atoms with van der Waals surface area (Å²) < 4.78 is 51.6. The van der Waals surface area contributed by atoms with Crippen LogP contribution in [0.4, 0.5) is 13.2 Å². The maximum absolute atomic E-state index is 14.4. The molecule has 0 radical (unpaired) electrons. The van der Waals surface area contributed by atoms with Gasteiger partial charge in [0.2, 0.25) is 17.7 Å². The first-order valence-electron chi connectivity index (χ1n) is 9.56. The van der Waals surface area contributed by atoms with E-state index in [2.05, 4.69) is 22.5 Å². The number of pyridine rings is 1. The lowest BCUT2D eigenvalue weighted by Crippen LogP contribution is -2.40. The number of amides is 1. The number of rotatable bonds is 6. The first-order valence-corrected chi connectivity index (χ1v) is 9.56. The van der Waals surface area contributed by atoms with Crippen LogP contribution < -0.4 is 20.1 Å². The molecule has 0 spiro atoms. The lowest BCUT2D eigenvalue weighted by molar-refractivity contribution is -0.123. The van der Waals surface area contributed by atoms with Crippen LogP contribution in [-0.4, -0.2) is 42.6 Å². The summed E-state index contributed by atoms with van der Waals surface area (Å²) in [7, 11) is 1.39. The molecule has 28 heavy (non-hydrogen) atoms. The van der Waals surface area contributed by atoms with Crippen LogP contribution in [0.25, 0.3) is 0 Å². The van der Waals surface area contributed by atoms with Crippen molar-refractivity contribution in [1.29, 1.82) is 0 Å². The minimum atomic E-state index is -2.68. The SMILES string of the molecule is COc1nc(OC2CCC(F)(F)CC2)c(F)cc1CNC(=O)[C@@H]1C[C@@H](C)CN1.